The predicted molar refractivity (Wildman–Crippen MR) is 127 cm³/mol. The molecule has 0 heterocycles. The van der Waals surface area contributed by atoms with Gasteiger partial charge in [-0.15, -0.1) is 0 Å². The molecule has 0 aromatic heterocycles. The SMILES string of the molecule is CCCCC(C)c1cccc(C2(NCC(O)C(Cc3cc(F)cc(F)c3)NC(C)=O)CC2)c1. The number of halogens is 2. The number of unbranched alkanes of at least 4 members (excludes halogenated alkanes) is 1. The van der Waals surface area contributed by atoms with Crippen LogP contribution in [0.3, 0.4) is 0 Å². The minimum atomic E-state index is -0.913. The molecular formula is C27H36F2N2O2. The number of amides is 1. The summed E-state index contributed by atoms with van der Waals surface area (Å²) in [4.78, 5) is 11.7. The van der Waals surface area contributed by atoms with Gasteiger partial charge in [0.15, 0.2) is 0 Å². The molecule has 3 unspecified atom stereocenters. The van der Waals surface area contributed by atoms with Gasteiger partial charge in [-0.05, 0) is 60.4 Å². The van der Waals surface area contributed by atoms with Gasteiger partial charge in [-0.2, -0.15) is 0 Å². The van der Waals surface area contributed by atoms with Crippen molar-refractivity contribution in [1.29, 1.82) is 0 Å². The first-order valence-electron chi connectivity index (χ1n) is 12.0. The Balaban J connectivity index is 1.67. The third-order valence-electron chi connectivity index (χ3n) is 6.63. The van der Waals surface area contributed by atoms with Crippen molar-refractivity contribution in [2.75, 3.05) is 6.54 Å². The number of nitrogens with one attached hydrogen (secondary N) is 2. The molecule has 0 spiro atoms. The van der Waals surface area contributed by atoms with E-state index in [-0.39, 0.29) is 24.4 Å². The van der Waals surface area contributed by atoms with E-state index in [0.717, 1.165) is 25.3 Å². The molecule has 1 saturated carbocycles. The lowest BCUT2D eigenvalue weighted by molar-refractivity contribution is -0.120. The zero-order chi connectivity index (χ0) is 24.0. The zero-order valence-electron chi connectivity index (χ0n) is 19.8. The predicted octanol–water partition coefficient (Wildman–Crippen LogP) is 4.95. The maximum Gasteiger partial charge on any atom is 0.217 e. The summed E-state index contributed by atoms with van der Waals surface area (Å²) in [5, 5.41) is 17.1. The fraction of sp³-hybridized carbons (Fsp3) is 0.519. The van der Waals surface area contributed by atoms with E-state index in [4.69, 9.17) is 0 Å². The first-order chi connectivity index (χ1) is 15.7. The zero-order valence-corrected chi connectivity index (χ0v) is 19.8. The van der Waals surface area contributed by atoms with E-state index in [1.165, 1.54) is 43.0 Å². The van der Waals surface area contributed by atoms with E-state index in [9.17, 15) is 18.7 Å². The molecule has 0 saturated heterocycles. The highest BCUT2D eigenvalue weighted by Gasteiger charge is 2.44. The third-order valence-corrected chi connectivity index (χ3v) is 6.63. The molecule has 3 rings (SSSR count). The number of aliphatic hydroxyl groups excluding tert-OH is 1. The number of carbonyl (C=O) groups excluding carboxylic acids is 1. The number of benzene rings is 2. The van der Waals surface area contributed by atoms with Gasteiger partial charge in [0.2, 0.25) is 5.91 Å². The van der Waals surface area contributed by atoms with Crippen LogP contribution in [0.1, 0.15) is 75.5 Å². The second-order valence-corrected chi connectivity index (χ2v) is 9.49. The van der Waals surface area contributed by atoms with Gasteiger partial charge in [0.1, 0.15) is 11.6 Å². The van der Waals surface area contributed by atoms with Crippen LogP contribution < -0.4 is 10.6 Å². The Kier molecular flexibility index (Phi) is 8.60. The summed E-state index contributed by atoms with van der Waals surface area (Å²) in [6, 6.07) is 11.3. The Labute approximate surface area is 195 Å². The number of hydrogen-bond donors (Lipinski definition) is 3. The Morgan fingerprint density at radius 2 is 1.85 bits per heavy atom. The number of rotatable bonds is 12. The van der Waals surface area contributed by atoms with E-state index in [0.29, 0.717) is 11.5 Å². The fourth-order valence-corrected chi connectivity index (χ4v) is 4.48. The molecule has 1 aliphatic carbocycles. The Morgan fingerprint density at radius 3 is 2.45 bits per heavy atom. The molecule has 3 N–H and O–H groups in total. The summed E-state index contributed by atoms with van der Waals surface area (Å²) in [6.45, 7) is 6.10. The molecule has 33 heavy (non-hydrogen) atoms. The average Bonchev–Trinajstić information content (AvgIpc) is 3.55. The van der Waals surface area contributed by atoms with Crippen LogP contribution in [-0.2, 0) is 16.8 Å². The van der Waals surface area contributed by atoms with Crippen LogP contribution in [0, 0.1) is 11.6 Å². The highest BCUT2D eigenvalue weighted by Crippen LogP contribution is 2.46. The molecular weight excluding hydrogens is 422 g/mol. The number of aliphatic hydroxyl groups is 1. The van der Waals surface area contributed by atoms with E-state index in [1.807, 2.05) is 0 Å². The van der Waals surface area contributed by atoms with Crippen LogP contribution in [0.15, 0.2) is 42.5 Å². The van der Waals surface area contributed by atoms with Crippen molar-refractivity contribution in [2.45, 2.75) is 82.9 Å². The minimum Gasteiger partial charge on any atom is -0.390 e. The highest BCUT2D eigenvalue weighted by atomic mass is 19.1. The van der Waals surface area contributed by atoms with Crippen LogP contribution >= 0.6 is 0 Å². The molecule has 1 aliphatic rings. The maximum atomic E-state index is 13.6. The normalized spacial score (nSPS) is 17.3. The lowest BCUT2D eigenvalue weighted by atomic mass is 9.92. The topological polar surface area (TPSA) is 61.4 Å². The van der Waals surface area contributed by atoms with Crippen LogP contribution in [0.4, 0.5) is 8.78 Å². The second kappa shape index (κ2) is 11.2. The van der Waals surface area contributed by atoms with Crippen molar-refractivity contribution in [1.82, 2.24) is 10.6 Å². The van der Waals surface area contributed by atoms with Gasteiger partial charge in [0.05, 0.1) is 12.1 Å². The first-order valence-corrected chi connectivity index (χ1v) is 12.0. The van der Waals surface area contributed by atoms with Gasteiger partial charge in [0.25, 0.3) is 0 Å². The van der Waals surface area contributed by atoms with E-state index in [2.05, 4.69) is 48.7 Å². The molecule has 0 bridgehead atoms. The Morgan fingerprint density at radius 1 is 1.15 bits per heavy atom. The average molecular weight is 459 g/mol. The van der Waals surface area contributed by atoms with Gasteiger partial charge in [0, 0.05) is 25.1 Å². The fourth-order valence-electron chi connectivity index (χ4n) is 4.48. The second-order valence-electron chi connectivity index (χ2n) is 9.49. The van der Waals surface area contributed by atoms with Crippen LogP contribution in [-0.4, -0.2) is 29.7 Å². The standard InChI is InChI=1S/C27H36F2N2O2/c1-4-5-7-18(2)21-8-6-9-22(15-21)27(10-11-27)30-17-26(33)25(31-19(3)32)14-20-12-23(28)16-24(29)13-20/h6,8-9,12-13,15-16,18,25-26,30,33H,4-5,7,10-11,14,17H2,1-3H3,(H,31,32). The van der Waals surface area contributed by atoms with Crippen LogP contribution in [0.2, 0.25) is 0 Å². The Hall–Kier alpha value is -2.31. The van der Waals surface area contributed by atoms with Gasteiger partial charge >= 0.3 is 0 Å². The number of hydrogen-bond acceptors (Lipinski definition) is 3. The van der Waals surface area contributed by atoms with E-state index >= 15 is 0 Å². The monoisotopic (exact) mass is 458 g/mol. The van der Waals surface area contributed by atoms with Gasteiger partial charge in [-0.25, -0.2) is 8.78 Å². The van der Waals surface area contributed by atoms with Crippen molar-refractivity contribution in [2.24, 2.45) is 0 Å². The van der Waals surface area contributed by atoms with Crippen molar-refractivity contribution in [3.05, 3.63) is 70.8 Å². The lowest BCUT2D eigenvalue weighted by Gasteiger charge is -2.27. The highest BCUT2D eigenvalue weighted by molar-refractivity contribution is 5.73. The molecule has 0 radical (unpaired) electrons. The minimum absolute atomic E-state index is 0.133. The van der Waals surface area contributed by atoms with Crippen molar-refractivity contribution in [3.8, 4) is 0 Å². The summed E-state index contributed by atoms with van der Waals surface area (Å²) in [5.74, 6) is -1.15. The molecule has 180 valence electrons. The first kappa shape index (κ1) is 25.3. The summed E-state index contributed by atoms with van der Waals surface area (Å²) in [5.41, 5.74) is 2.77. The summed E-state index contributed by atoms with van der Waals surface area (Å²) in [6.07, 6.45) is 4.74. The Bertz CT molecular complexity index is 925. The van der Waals surface area contributed by atoms with Crippen molar-refractivity contribution >= 4 is 5.91 Å². The summed E-state index contributed by atoms with van der Waals surface area (Å²) >= 11 is 0. The molecule has 2 aromatic carbocycles. The van der Waals surface area contributed by atoms with Crippen LogP contribution in [0.5, 0.6) is 0 Å². The quantitative estimate of drug-likeness (QED) is 0.422. The van der Waals surface area contributed by atoms with Gasteiger partial charge in [-0.1, -0.05) is 51.0 Å². The van der Waals surface area contributed by atoms with E-state index < -0.39 is 23.8 Å². The maximum absolute atomic E-state index is 13.6. The number of carbonyl (C=O) groups is 1. The third kappa shape index (κ3) is 7.08. The van der Waals surface area contributed by atoms with Crippen molar-refractivity contribution in [3.63, 3.8) is 0 Å². The summed E-state index contributed by atoms with van der Waals surface area (Å²) < 4.78 is 27.2. The molecule has 3 atom stereocenters. The molecule has 2 aromatic rings. The summed E-state index contributed by atoms with van der Waals surface area (Å²) in [7, 11) is 0. The molecule has 0 aliphatic heterocycles. The molecule has 1 amide bonds. The van der Waals surface area contributed by atoms with Gasteiger partial charge < -0.3 is 15.7 Å². The van der Waals surface area contributed by atoms with E-state index in [1.54, 1.807) is 0 Å². The smallest absolute Gasteiger partial charge is 0.217 e. The molecule has 4 nitrogen and oxygen atoms in total. The molecule has 6 heteroatoms. The lowest BCUT2D eigenvalue weighted by Crippen LogP contribution is -2.49. The van der Waals surface area contributed by atoms with Gasteiger partial charge in [-0.3, -0.25) is 4.79 Å². The van der Waals surface area contributed by atoms with Crippen LogP contribution in [0.25, 0.3) is 0 Å². The molecule has 1 fully saturated rings. The largest absolute Gasteiger partial charge is 0.390 e. The van der Waals surface area contributed by atoms with Crippen molar-refractivity contribution < 1.29 is 18.7 Å².